The summed E-state index contributed by atoms with van der Waals surface area (Å²) in [5.41, 5.74) is 0. The molecule has 0 spiro atoms. The van der Waals surface area contributed by atoms with Gasteiger partial charge in [0, 0.05) is 12.3 Å². The van der Waals surface area contributed by atoms with Gasteiger partial charge in [0.2, 0.25) is 5.88 Å². The highest BCUT2D eigenvalue weighted by atomic mass is 16.6. The van der Waals surface area contributed by atoms with Crippen molar-refractivity contribution in [1.82, 2.24) is 4.98 Å². The summed E-state index contributed by atoms with van der Waals surface area (Å²) >= 11 is 0. The highest BCUT2D eigenvalue weighted by Gasteiger charge is 1.83. The van der Waals surface area contributed by atoms with E-state index in [-0.39, 0.29) is 0 Å². The van der Waals surface area contributed by atoms with E-state index >= 15 is 0 Å². The van der Waals surface area contributed by atoms with Gasteiger partial charge in [-0.05, 0) is 6.07 Å². The number of hydrogen-bond acceptors (Lipinski definition) is 3. The van der Waals surface area contributed by atoms with Crippen LogP contribution in [0.2, 0.25) is 0 Å². The van der Waals surface area contributed by atoms with Gasteiger partial charge in [0.05, 0.1) is 0 Å². The number of hydrogen-bond donors (Lipinski definition) is 1. The molecule has 42 valence electrons. The number of rotatable bonds is 1. The summed E-state index contributed by atoms with van der Waals surface area (Å²) in [6.45, 7) is 0. The molecule has 0 aliphatic heterocycles. The third-order valence-corrected chi connectivity index (χ3v) is 0.759. The van der Waals surface area contributed by atoms with Gasteiger partial charge in [0.15, 0.2) is 0 Å². The molecule has 1 heterocycles. The zero-order valence-electron chi connectivity index (χ0n) is 4.24. The summed E-state index contributed by atoms with van der Waals surface area (Å²) in [4.78, 5) is 8.05. The molecular formula is C5H6N2O. The van der Waals surface area contributed by atoms with Crippen molar-refractivity contribution in [2.45, 2.75) is 0 Å². The van der Waals surface area contributed by atoms with E-state index in [1.807, 2.05) is 0 Å². The van der Waals surface area contributed by atoms with Crippen LogP contribution in [0.5, 0.6) is 5.88 Å². The molecule has 0 aromatic carbocycles. The van der Waals surface area contributed by atoms with Crippen molar-refractivity contribution >= 4 is 0 Å². The van der Waals surface area contributed by atoms with Crippen molar-refractivity contribution < 1.29 is 4.84 Å². The Kier molecular flexibility index (Phi) is 1.44. The summed E-state index contributed by atoms with van der Waals surface area (Å²) < 4.78 is 0. The van der Waals surface area contributed by atoms with Crippen LogP contribution in [0.25, 0.3) is 0 Å². The molecule has 8 heavy (non-hydrogen) atoms. The molecule has 0 saturated heterocycles. The lowest BCUT2D eigenvalue weighted by Gasteiger charge is -1.91. The Hall–Kier alpha value is -1.09. The van der Waals surface area contributed by atoms with Crippen molar-refractivity contribution in [2.75, 3.05) is 0 Å². The van der Waals surface area contributed by atoms with Crippen LogP contribution in [0.3, 0.4) is 0 Å². The van der Waals surface area contributed by atoms with Crippen LogP contribution >= 0.6 is 0 Å². The molecule has 3 heteroatoms. The maximum atomic E-state index is 4.79. The molecule has 1 aromatic heterocycles. The lowest BCUT2D eigenvalue weighted by molar-refractivity contribution is 0.321. The highest BCUT2D eigenvalue weighted by molar-refractivity contribution is 5.08. The minimum absolute atomic E-state index is 0.438. The van der Waals surface area contributed by atoms with E-state index < -0.39 is 0 Å². The minimum atomic E-state index is 0.438. The van der Waals surface area contributed by atoms with Gasteiger partial charge in [-0.1, -0.05) is 6.07 Å². The van der Waals surface area contributed by atoms with Crippen molar-refractivity contribution in [2.24, 2.45) is 5.90 Å². The van der Waals surface area contributed by atoms with Gasteiger partial charge in [0.25, 0.3) is 0 Å². The van der Waals surface area contributed by atoms with Gasteiger partial charge >= 0.3 is 0 Å². The Morgan fingerprint density at radius 1 is 1.50 bits per heavy atom. The predicted molar refractivity (Wildman–Crippen MR) is 29.1 cm³/mol. The predicted octanol–water partition coefficient (Wildman–Crippen LogP) is 0.334. The lowest BCUT2D eigenvalue weighted by atomic mass is 10.5. The second-order valence-electron chi connectivity index (χ2n) is 1.29. The molecule has 0 fully saturated rings. The number of pyridine rings is 1. The van der Waals surface area contributed by atoms with E-state index in [0.717, 1.165) is 0 Å². The SMILES string of the molecule is NOc1ccccn1. The van der Waals surface area contributed by atoms with E-state index in [9.17, 15) is 0 Å². The smallest absolute Gasteiger partial charge is 0.237 e. The molecule has 0 bridgehead atoms. The quantitative estimate of drug-likeness (QED) is 0.530. The van der Waals surface area contributed by atoms with E-state index in [0.29, 0.717) is 5.88 Å². The average molecular weight is 110 g/mol. The van der Waals surface area contributed by atoms with E-state index in [4.69, 9.17) is 5.90 Å². The first kappa shape index (κ1) is 5.05. The lowest BCUT2D eigenvalue weighted by Crippen LogP contribution is -2.02. The van der Waals surface area contributed by atoms with Gasteiger partial charge in [-0.15, -0.1) is 0 Å². The molecule has 1 rings (SSSR count). The van der Waals surface area contributed by atoms with Gasteiger partial charge in [0.1, 0.15) is 0 Å². The summed E-state index contributed by atoms with van der Waals surface area (Å²) in [5, 5.41) is 0. The van der Waals surface area contributed by atoms with E-state index in [1.165, 1.54) is 0 Å². The molecule has 3 nitrogen and oxygen atoms in total. The zero-order valence-corrected chi connectivity index (χ0v) is 4.24. The molecule has 0 amide bonds. The second kappa shape index (κ2) is 2.28. The van der Waals surface area contributed by atoms with E-state index in [2.05, 4.69) is 9.82 Å². The first-order chi connectivity index (χ1) is 3.93. The van der Waals surface area contributed by atoms with Crippen molar-refractivity contribution in [3.05, 3.63) is 24.4 Å². The first-order valence-electron chi connectivity index (χ1n) is 2.21. The van der Waals surface area contributed by atoms with Crippen LogP contribution in [-0.2, 0) is 0 Å². The van der Waals surface area contributed by atoms with Gasteiger partial charge < -0.3 is 4.84 Å². The Morgan fingerprint density at radius 2 is 2.38 bits per heavy atom. The average Bonchev–Trinajstić information content (AvgIpc) is 1.90. The van der Waals surface area contributed by atoms with Crippen molar-refractivity contribution in [1.29, 1.82) is 0 Å². The Morgan fingerprint density at radius 3 is 2.75 bits per heavy atom. The zero-order chi connectivity index (χ0) is 5.82. The molecule has 1 aromatic rings. The Balaban J connectivity index is 2.83. The summed E-state index contributed by atoms with van der Waals surface area (Å²) in [6.07, 6.45) is 1.61. The normalized spacial score (nSPS) is 8.62. The van der Waals surface area contributed by atoms with Crippen LogP contribution < -0.4 is 10.7 Å². The fraction of sp³-hybridized carbons (Fsp3) is 0. The highest BCUT2D eigenvalue weighted by Crippen LogP contribution is 1.98. The monoisotopic (exact) mass is 110 g/mol. The molecule has 0 unspecified atom stereocenters. The van der Waals surface area contributed by atoms with Crippen LogP contribution in [0.15, 0.2) is 24.4 Å². The maximum absolute atomic E-state index is 4.79. The number of nitrogens with two attached hydrogens (primary N) is 1. The van der Waals surface area contributed by atoms with Crippen LogP contribution in [-0.4, -0.2) is 4.98 Å². The number of nitrogens with zero attached hydrogens (tertiary/aromatic N) is 1. The van der Waals surface area contributed by atoms with Gasteiger partial charge in [-0.25, -0.2) is 4.98 Å². The largest absolute Gasteiger partial charge is 0.391 e. The topological polar surface area (TPSA) is 48.1 Å². The van der Waals surface area contributed by atoms with Crippen LogP contribution in [0, 0.1) is 0 Å². The molecule has 0 atom stereocenters. The third kappa shape index (κ3) is 0.946. The van der Waals surface area contributed by atoms with E-state index in [1.54, 1.807) is 24.4 Å². The molecule has 0 saturated carbocycles. The Bertz CT molecular complexity index is 152. The minimum Gasteiger partial charge on any atom is -0.391 e. The van der Waals surface area contributed by atoms with Crippen LogP contribution in [0.1, 0.15) is 0 Å². The number of aromatic nitrogens is 1. The Labute approximate surface area is 47.1 Å². The fourth-order valence-corrected chi connectivity index (χ4v) is 0.417. The van der Waals surface area contributed by atoms with Crippen molar-refractivity contribution in [3.8, 4) is 5.88 Å². The van der Waals surface area contributed by atoms with Crippen molar-refractivity contribution in [3.63, 3.8) is 0 Å². The van der Waals surface area contributed by atoms with Gasteiger partial charge in [-0.3, -0.25) is 0 Å². The van der Waals surface area contributed by atoms with Gasteiger partial charge in [-0.2, -0.15) is 5.90 Å². The molecule has 2 N–H and O–H groups in total. The first-order valence-corrected chi connectivity index (χ1v) is 2.21. The van der Waals surface area contributed by atoms with Crippen LogP contribution in [0.4, 0.5) is 0 Å². The summed E-state index contributed by atoms with van der Waals surface area (Å²) in [5.74, 6) is 5.22. The maximum Gasteiger partial charge on any atom is 0.237 e. The molecule has 0 aliphatic carbocycles. The molecule has 0 aliphatic rings. The third-order valence-electron chi connectivity index (χ3n) is 0.759. The molecule has 0 radical (unpaired) electrons. The summed E-state index contributed by atoms with van der Waals surface area (Å²) in [6, 6.07) is 5.28. The molecular weight excluding hydrogens is 104 g/mol. The summed E-state index contributed by atoms with van der Waals surface area (Å²) in [7, 11) is 0. The second-order valence-corrected chi connectivity index (χ2v) is 1.29. The fourth-order valence-electron chi connectivity index (χ4n) is 0.417. The standard InChI is InChI=1S/C5H6N2O/c6-8-5-3-1-2-4-7-5/h1-4H,6H2.